The van der Waals surface area contributed by atoms with Crippen molar-refractivity contribution < 1.29 is 9.18 Å². The van der Waals surface area contributed by atoms with E-state index in [1.54, 1.807) is 17.6 Å². The number of rotatable bonds is 3. The van der Waals surface area contributed by atoms with Gasteiger partial charge in [0.15, 0.2) is 0 Å². The van der Waals surface area contributed by atoms with Gasteiger partial charge in [-0.25, -0.2) is 9.37 Å². The molecule has 1 aliphatic rings. The van der Waals surface area contributed by atoms with Gasteiger partial charge in [-0.05, 0) is 44.0 Å². The molecule has 0 aliphatic carbocycles. The predicted octanol–water partition coefficient (Wildman–Crippen LogP) is 4.67. The monoisotopic (exact) mass is 381 g/mol. The molecule has 4 nitrogen and oxygen atoms in total. The van der Waals surface area contributed by atoms with Crippen LogP contribution < -0.4 is 0 Å². The van der Waals surface area contributed by atoms with E-state index in [4.69, 9.17) is 4.98 Å². The van der Waals surface area contributed by atoms with Crippen LogP contribution in [0.25, 0.3) is 11.3 Å². The normalized spacial score (nSPS) is 17.1. The zero-order valence-electron chi connectivity index (χ0n) is 15.1. The molecule has 1 unspecified atom stereocenters. The lowest BCUT2D eigenvalue weighted by Gasteiger charge is -2.32. The fourth-order valence-corrected chi connectivity index (χ4v) is 4.32. The first-order valence-corrected chi connectivity index (χ1v) is 9.92. The van der Waals surface area contributed by atoms with Crippen molar-refractivity contribution in [3.63, 3.8) is 0 Å². The van der Waals surface area contributed by atoms with E-state index in [2.05, 4.69) is 4.98 Å². The highest BCUT2D eigenvalue weighted by Gasteiger charge is 2.28. The first-order chi connectivity index (χ1) is 13.1. The minimum absolute atomic E-state index is 0.0463. The first kappa shape index (κ1) is 17.8. The number of aromatic nitrogens is 2. The summed E-state index contributed by atoms with van der Waals surface area (Å²) in [5, 5.41) is 0. The van der Waals surface area contributed by atoms with Crippen LogP contribution in [-0.4, -0.2) is 33.9 Å². The van der Waals surface area contributed by atoms with Gasteiger partial charge in [0, 0.05) is 30.3 Å². The number of thiazole rings is 1. The van der Waals surface area contributed by atoms with Gasteiger partial charge in [-0.3, -0.25) is 9.78 Å². The number of nitrogens with zero attached hydrogens (tertiary/aromatic N) is 3. The Bertz CT molecular complexity index is 971. The summed E-state index contributed by atoms with van der Waals surface area (Å²) in [6.45, 7) is 3.24. The molecular weight excluding hydrogens is 361 g/mol. The van der Waals surface area contributed by atoms with Crippen LogP contribution in [0.1, 0.15) is 39.8 Å². The van der Waals surface area contributed by atoms with Crippen molar-refractivity contribution in [3.8, 4) is 11.3 Å². The Labute approximate surface area is 161 Å². The molecule has 0 bridgehead atoms. The number of hydrogen-bond acceptors (Lipinski definition) is 4. The summed E-state index contributed by atoms with van der Waals surface area (Å²) in [5.41, 5.74) is 4.54. The molecule has 1 atom stereocenters. The Morgan fingerprint density at radius 3 is 2.85 bits per heavy atom. The average molecular weight is 381 g/mol. The number of carbonyl (C=O) groups is 1. The van der Waals surface area contributed by atoms with Crippen molar-refractivity contribution in [2.24, 2.45) is 0 Å². The molecular formula is C21H20FN3OS. The summed E-state index contributed by atoms with van der Waals surface area (Å²) < 4.78 is 14.1. The van der Waals surface area contributed by atoms with E-state index in [0.29, 0.717) is 22.7 Å². The molecule has 1 fully saturated rings. The number of hydrogen-bond donors (Lipinski definition) is 0. The molecule has 0 saturated carbocycles. The maximum Gasteiger partial charge on any atom is 0.265 e. The quantitative estimate of drug-likeness (QED) is 0.662. The number of halogens is 1. The van der Waals surface area contributed by atoms with Gasteiger partial charge in [0.05, 0.1) is 16.9 Å². The summed E-state index contributed by atoms with van der Waals surface area (Å²) >= 11 is 1.39. The second-order valence-electron chi connectivity index (χ2n) is 6.78. The van der Waals surface area contributed by atoms with Crippen molar-refractivity contribution in [3.05, 3.63) is 70.1 Å². The average Bonchev–Trinajstić information content (AvgIpc) is 3.14. The van der Waals surface area contributed by atoms with E-state index in [-0.39, 0.29) is 17.6 Å². The van der Waals surface area contributed by atoms with Gasteiger partial charge in [0.1, 0.15) is 10.7 Å². The van der Waals surface area contributed by atoms with Crippen molar-refractivity contribution in [2.45, 2.75) is 25.7 Å². The molecule has 1 aromatic carbocycles. The molecule has 0 spiro atoms. The number of benzene rings is 1. The highest BCUT2D eigenvalue weighted by Crippen LogP contribution is 2.29. The summed E-state index contributed by atoms with van der Waals surface area (Å²) in [6.07, 6.45) is 1.90. The van der Waals surface area contributed by atoms with E-state index in [9.17, 15) is 9.18 Å². The number of pyridine rings is 1. The van der Waals surface area contributed by atoms with Crippen LogP contribution in [0.5, 0.6) is 0 Å². The van der Waals surface area contributed by atoms with E-state index in [1.165, 1.54) is 17.4 Å². The largest absolute Gasteiger partial charge is 0.337 e. The first-order valence-electron chi connectivity index (χ1n) is 9.04. The topological polar surface area (TPSA) is 46.1 Å². The zero-order chi connectivity index (χ0) is 18.8. The number of amides is 1. The van der Waals surface area contributed by atoms with Crippen molar-refractivity contribution in [1.82, 2.24) is 14.9 Å². The molecule has 0 radical (unpaired) electrons. The summed E-state index contributed by atoms with van der Waals surface area (Å²) in [6, 6.07) is 12.4. The lowest BCUT2D eigenvalue weighted by molar-refractivity contribution is 0.0710. The highest BCUT2D eigenvalue weighted by molar-refractivity contribution is 7.11. The Balaban J connectivity index is 1.57. The Morgan fingerprint density at radius 2 is 2.07 bits per heavy atom. The predicted molar refractivity (Wildman–Crippen MR) is 104 cm³/mol. The van der Waals surface area contributed by atoms with Gasteiger partial charge in [0.2, 0.25) is 0 Å². The van der Waals surface area contributed by atoms with Crippen LogP contribution >= 0.6 is 11.3 Å². The molecule has 1 amide bonds. The number of likely N-dealkylation sites (tertiary alicyclic amines) is 1. The van der Waals surface area contributed by atoms with Crippen LogP contribution in [0.3, 0.4) is 0 Å². The minimum atomic E-state index is -0.275. The fraction of sp³-hybridized carbons (Fsp3) is 0.286. The molecule has 1 saturated heterocycles. The SMILES string of the molecule is Cc1ncsc1C(=O)N1CCCC(c2cccc(-c3ccccc3F)n2)C1. The maximum absolute atomic E-state index is 14.1. The second kappa shape index (κ2) is 7.56. The molecule has 4 rings (SSSR count). The minimum Gasteiger partial charge on any atom is -0.337 e. The third kappa shape index (κ3) is 3.62. The molecule has 0 N–H and O–H groups in total. The fourth-order valence-electron chi connectivity index (χ4n) is 3.55. The van der Waals surface area contributed by atoms with Gasteiger partial charge in [0.25, 0.3) is 5.91 Å². The smallest absolute Gasteiger partial charge is 0.265 e. The second-order valence-corrected chi connectivity index (χ2v) is 7.64. The molecule has 27 heavy (non-hydrogen) atoms. The van der Waals surface area contributed by atoms with E-state index >= 15 is 0 Å². The number of carbonyl (C=O) groups excluding carboxylic acids is 1. The van der Waals surface area contributed by atoms with Crippen LogP contribution in [0.2, 0.25) is 0 Å². The lowest BCUT2D eigenvalue weighted by atomic mass is 9.93. The summed E-state index contributed by atoms with van der Waals surface area (Å²) in [7, 11) is 0. The maximum atomic E-state index is 14.1. The third-order valence-electron chi connectivity index (χ3n) is 4.99. The Morgan fingerprint density at radius 1 is 1.22 bits per heavy atom. The van der Waals surface area contributed by atoms with Crippen molar-refractivity contribution >= 4 is 17.2 Å². The Kier molecular flexibility index (Phi) is 4.99. The lowest BCUT2D eigenvalue weighted by Crippen LogP contribution is -2.39. The molecule has 6 heteroatoms. The van der Waals surface area contributed by atoms with Gasteiger partial charge in [-0.1, -0.05) is 18.2 Å². The number of piperidine rings is 1. The van der Waals surface area contributed by atoms with Crippen LogP contribution in [0, 0.1) is 12.7 Å². The van der Waals surface area contributed by atoms with Crippen molar-refractivity contribution in [2.75, 3.05) is 13.1 Å². The van der Waals surface area contributed by atoms with Crippen molar-refractivity contribution in [1.29, 1.82) is 0 Å². The van der Waals surface area contributed by atoms with Gasteiger partial charge in [-0.15, -0.1) is 11.3 Å². The summed E-state index contributed by atoms with van der Waals surface area (Å²) in [4.78, 5) is 24.3. The van der Waals surface area contributed by atoms with E-state index in [0.717, 1.165) is 30.8 Å². The van der Waals surface area contributed by atoms with E-state index < -0.39 is 0 Å². The molecule has 2 aromatic heterocycles. The van der Waals surface area contributed by atoms with Gasteiger partial charge < -0.3 is 4.90 Å². The molecule has 1 aliphatic heterocycles. The van der Waals surface area contributed by atoms with Gasteiger partial charge in [-0.2, -0.15) is 0 Å². The van der Waals surface area contributed by atoms with E-state index in [1.807, 2.05) is 36.1 Å². The van der Waals surface area contributed by atoms with Gasteiger partial charge >= 0.3 is 0 Å². The van der Waals surface area contributed by atoms with Crippen LogP contribution in [-0.2, 0) is 0 Å². The third-order valence-corrected chi connectivity index (χ3v) is 5.90. The highest BCUT2D eigenvalue weighted by atomic mass is 32.1. The summed E-state index contributed by atoms with van der Waals surface area (Å²) in [5.74, 6) is -0.0733. The van der Waals surface area contributed by atoms with Crippen LogP contribution in [0.4, 0.5) is 4.39 Å². The molecule has 3 heterocycles. The Hall–Kier alpha value is -2.60. The molecule has 3 aromatic rings. The van der Waals surface area contributed by atoms with Crippen LogP contribution in [0.15, 0.2) is 48.0 Å². The standard InChI is InChI=1S/C21H20FN3OS/c1-14-20(27-13-23-14)21(26)25-11-5-6-15(12-25)18-9-4-10-19(24-18)16-7-2-3-8-17(16)22/h2-4,7-10,13,15H,5-6,11-12H2,1H3. The molecule has 138 valence electrons. The number of aryl methyl sites for hydroxylation is 1. The zero-order valence-corrected chi connectivity index (χ0v) is 15.9.